The van der Waals surface area contributed by atoms with Crippen molar-refractivity contribution in [2.75, 3.05) is 13.9 Å². The molecule has 150 valence electrons. The van der Waals surface area contributed by atoms with Crippen molar-refractivity contribution in [1.82, 2.24) is 9.99 Å². The molecule has 0 radical (unpaired) electrons. The number of aromatic nitrogens is 1. The Labute approximate surface area is 173 Å². The van der Waals surface area contributed by atoms with E-state index in [1.165, 1.54) is 0 Å². The van der Waals surface area contributed by atoms with Gasteiger partial charge in [0, 0.05) is 35.5 Å². The Morgan fingerprint density at radius 3 is 2.77 bits per heavy atom. The molecular formula is C23H19N3O4. The fraction of sp³-hybridized carbons (Fsp3) is 0.217. The first-order valence-corrected chi connectivity index (χ1v) is 9.81. The highest BCUT2D eigenvalue weighted by molar-refractivity contribution is 6.02. The number of hydrazone groups is 1. The van der Waals surface area contributed by atoms with Gasteiger partial charge in [0.05, 0.1) is 18.9 Å². The van der Waals surface area contributed by atoms with Crippen LogP contribution < -0.4 is 18.9 Å². The Bertz CT molecular complexity index is 1150. The third-order valence-electron chi connectivity index (χ3n) is 5.70. The molecule has 0 bridgehead atoms. The Balaban J connectivity index is 1.45. The van der Waals surface area contributed by atoms with Crippen LogP contribution in [0.5, 0.6) is 23.0 Å². The maximum atomic E-state index is 6.43. The van der Waals surface area contributed by atoms with E-state index < -0.39 is 0 Å². The van der Waals surface area contributed by atoms with Crippen LogP contribution in [0.15, 0.2) is 66.0 Å². The number of nitrogens with zero attached hydrogens (tertiary/aromatic N) is 3. The first kappa shape index (κ1) is 17.1. The minimum Gasteiger partial charge on any atom is -0.493 e. The van der Waals surface area contributed by atoms with Crippen molar-refractivity contribution in [3.8, 4) is 23.0 Å². The maximum Gasteiger partial charge on any atom is 0.231 e. The van der Waals surface area contributed by atoms with Crippen molar-refractivity contribution in [2.24, 2.45) is 5.10 Å². The Morgan fingerprint density at radius 2 is 1.90 bits per heavy atom. The van der Waals surface area contributed by atoms with Crippen LogP contribution in [0.2, 0.25) is 0 Å². The third kappa shape index (κ3) is 2.58. The molecule has 2 aromatic carbocycles. The largest absolute Gasteiger partial charge is 0.493 e. The first-order chi connectivity index (χ1) is 14.8. The number of hydrogen-bond acceptors (Lipinski definition) is 7. The standard InChI is InChI=1S/C23H19N3O4/c1-27-20-4-2-3-16-18-12-17(15-5-6-19-21(11-15)29-13-28-19)25-26(18)23(30-22(16)20)14-7-9-24-10-8-14/h2-11,18,23H,12-13H2,1H3/t18-,23-/m1/s1. The predicted octanol–water partition coefficient (Wildman–Crippen LogP) is 4.06. The topological polar surface area (TPSA) is 65.4 Å². The van der Waals surface area contributed by atoms with Gasteiger partial charge in [-0.1, -0.05) is 12.1 Å². The van der Waals surface area contributed by atoms with Gasteiger partial charge in [-0.25, -0.2) is 5.01 Å². The van der Waals surface area contributed by atoms with Gasteiger partial charge in [-0.15, -0.1) is 0 Å². The molecule has 30 heavy (non-hydrogen) atoms. The van der Waals surface area contributed by atoms with Crippen molar-refractivity contribution in [1.29, 1.82) is 0 Å². The molecule has 0 fully saturated rings. The van der Waals surface area contributed by atoms with E-state index in [9.17, 15) is 0 Å². The predicted molar refractivity (Wildman–Crippen MR) is 109 cm³/mol. The molecule has 3 aliphatic heterocycles. The van der Waals surface area contributed by atoms with Gasteiger partial charge >= 0.3 is 0 Å². The quantitative estimate of drug-likeness (QED) is 0.659. The molecule has 3 aromatic rings. The number of benzene rings is 2. The van der Waals surface area contributed by atoms with Crippen molar-refractivity contribution < 1.29 is 18.9 Å². The van der Waals surface area contributed by atoms with Gasteiger partial charge in [0.1, 0.15) is 0 Å². The lowest BCUT2D eigenvalue weighted by Crippen LogP contribution is -2.33. The highest BCUT2D eigenvalue weighted by Gasteiger charge is 2.42. The monoisotopic (exact) mass is 401 g/mol. The molecule has 1 aromatic heterocycles. The van der Waals surface area contributed by atoms with Crippen LogP contribution in [0.3, 0.4) is 0 Å². The number of pyridine rings is 1. The Kier molecular flexibility index (Phi) is 3.80. The summed E-state index contributed by atoms with van der Waals surface area (Å²) < 4.78 is 23.0. The summed E-state index contributed by atoms with van der Waals surface area (Å²) in [5, 5.41) is 7.02. The summed E-state index contributed by atoms with van der Waals surface area (Å²) in [4.78, 5) is 4.14. The SMILES string of the molecule is COc1cccc2c1O[C@H](c1ccncc1)N1N=C(c3ccc4c(c3)OCO4)C[C@H]21. The zero-order chi connectivity index (χ0) is 20.1. The smallest absolute Gasteiger partial charge is 0.231 e. The number of hydrogen-bond donors (Lipinski definition) is 0. The van der Waals surface area contributed by atoms with E-state index in [2.05, 4.69) is 11.1 Å². The number of ether oxygens (including phenoxy) is 4. The van der Waals surface area contributed by atoms with E-state index in [1.807, 2.05) is 47.5 Å². The van der Waals surface area contributed by atoms with E-state index in [0.717, 1.165) is 51.8 Å². The summed E-state index contributed by atoms with van der Waals surface area (Å²) >= 11 is 0. The number of fused-ring (bicyclic) bond motifs is 4. The van der Waals surface area contributed by atoms with E-state index in [0.29, 0.717) is 0 Å². The highest BCUT2D eigenvalue weighted by Crippen LogP contribution is 2.50. The van der Waals surface area contributed by atoms with Gasteiger partial charge in [-0.3, -0.25) is 4.98 Å². The molecule has 4 heterocycles. The molecule has 2 atom stereocenters. The molecule has 0 N–H and O–H groups in total. The molecular weight excluding hydrogens is 382 g/mol. The van der Waals surface area contributed by atoms with E-state index in [1.54, 1.807) is 19.5 Å². The number of rotatable bonds is 3. The normalized spacial score (nSPS) is 20.8. The summed E-state index contributed by atoms with van der Waals surface area (Å²) in [5.41, 5.74) is 4.06. The van der Waals surface area contributed by atoms with Crippen LogP contribution in [-0.4, -0.2) is 29.6 Å². The summed E-state index contributed by atoms with van der Waals surface area (Å²) in [5.74, 6) is 3.01. The minimum atomic E-state index is -0.367. The zero-order valence-corrected chi connectivity index (χ0v) is 16.3. The van der Waals surface area contributed by atoms with Gasteiger partial charge in [-0.05, 0) is 36.4 Å². The molecule has 0 saturated heterocycles. The van der Waals surface area contributed by atoms with Gasteiger partial charge in [0.25, 0.3) is 0 Å². The van der Waals surface area contributed by atoms with Crippen molar-refractivity contribution in [3.05, 3.63) is 77.6 Å². The Morgan fingerprint density at radius 1 is 1.03 bits per heavy atom. The summed E-state index contributed by atoms with van der Waals surface area (Å²) in [6.07, 6.45) is 3.92. The van der Waals surface area contributed by atoms with E-state index in [-0.39, 0.29) is 19.1 Å². The second-order valence-corrected chi connectivity index (χ2v) is 7.34. The van der Waals surface area contributed by atoms with Crippen LogP contribution in [0, 0.1) is 0 Å². The number of para-hydroxylation sites is 1. The molecule has 3 aliphatic rings. The van der Waals surface area contributed by atoms with E-state index >= 15 is 0 Å². The van der Waals surface area contributed by atoms with Crippen LogP contribution in [-0.2, 0) is 0 Å². The van der Waals surface area contributed by atoms with Crippen molar-refractivity contribution in [3.63, 3.8) is 0 Å². The average molecular weight is 401 g/mol. The molecule has 7 heteroatoms. The third-order valence-corrected chi connectivity index (χ3v) is 5.70. The summed E-state index contributed by atoms with van der Waals surface area (Å²) in [6, 6.07) is 15.9. The summed E-state index contributed by atoms with van der Waals surface area (Å²) in [7, 11) is 1.66. The molecule has 0 spiro atoms. The molecule has 0 aliphatic carbocycles. The molecule has 0 saturated carbocycles. The molecule has 6 rings (SSSR count). The average Bonchev–Trinajstić information content (AvgIpc) is 3.45. The lowest BCUT2D eigenvalue weighted by atomic mass is 9.95. The van der Waals surface area contributed by atoms with Crippen molar-refractivity contribution in [2.45, 2.75) is 18.7 Å². The maximum absolute atomic E-state index is 6.43. The fourth-order valence-corrected chi connectivity index (χ4v) is 4.24. The highest BCUT2D eigenvalue weighted by atomic mass is 16.7. The number of methoxy groups -OCH3 is 1. The fourth-order valence-electron chi connectivity index (χ4n) is 4.24. The molecule has 7 nitrogen and oxygen atoms in total. The van der Waals surface area contributed by atoms with Crippen LogP contribution in [0.25, 0.3) is 0 Å². The molecule has 0 unspecified atom stereocenters. The summed E-state index contributed by atoms with van der Waals surface area (Å²) in [6.45, 7) is 0.255. The zero-order valence-electron chi connectivity index (χ0n) is 16.3. The lowest BCUT2D eigenvalue weighted by molar-refractivity contribution is -0.0209. The van der Waals surface area contributed by atoms with Gasteiger partial charge in [0.2, 0.25) is 13.0 Å². The van der Waals surface area contributed by atoms with Crippen LogP contribution in [0.4, 0.5) is 0 Å². The van der Waals surface area contributed by atoms with Crippen LogP contribution in [0.1, 0.15) is 35.4 Å². The van der Waals surface area contributed by atoms with Gasteiger partial charge in [-0.2, -0.15) is 5.10 Å². The van der Waals surface area contributed by atoms with Gasteiger partial charge in [0.15, 0.2) is 23.0 Å². The van der Waals surface area contributed by atoms with Gasteiger partial charge < -0.3 is 18.9 Å². The lowest BCUT2D eigenvalue weighted by Gasteiger charge is -2.38. The van der Waals surface area contributed by atoms with Crippen LogP contribution >= 0.6 is 0 Å². The van der Waals surface area contributed by atoms with E-state index in [4.69, 9.17) is 24.0 Å². The first-order valence-electron chi connectivity index (χ1n) is 9.81. The Hall–Kier alpha value is -3.74. The minimum absolute atomic E-state index is 0.0439. The van der Waals surface area contributed by atoms with Crippen molar-refractivity contribution >= 4 is 5.71 Å². The second kappa shape index (κ2) is 6.66. The second-order valence-electron chi connectivity index (χ2n) is 7.34. The molecule has 0 amide bonds.